The molecule has 3 aromatic heterocycles. The lowest BCUT2D eigenvalue weighted by Crippen LogP contribution is -2.39. The maximum absolute atomic E-state index is 13.1. The molecule has 0 amide bonds. The minimum absolute atomic E-state index is 0.205. The second-order valence-electron chi connectivity index (χ2n) is 6.54. The summed E-state index contributed by atoms with van der Waals surface area (Å²) in [5.41, 5.74) is 2.18. The molecule has 0 atom stereocenters. The number of nitrogens with zero attached hydrogens (tertiary/aromatic N) is 5. The standard InChI is InChI=1S/C20H21N5O2/c1-4-23-14(2)13-25-16-17(21-19(23)25)22(3)20(27)24(18(16)26)12-8-11-15-9-6-5-7-10-15/h5-11,13H,4,12H2,1-3H3/b11-8+. The molecule has 0 aliphatic heterocycles. The third kappa shape index (κ3) is 2.63. The Bertz CT molecular complexity index is 1290. The average molecular weight is 363 g/mol. The van der Waals surface area contributed by atoms with Crippen LogP contribution in [-0.4, -0.2) is 23.1 Å². The summed E-state index contributed by atoms with van der Waals surface area (Å²) in [5, 5.41) is 0. The fourth-order valence-electron chi connectivity index (χ4n) is 3.47. The molecule has 4 aromatic rings. The Hall–Kier alpha value is -3.35. The Labute approximate surface area is 155 Å². The third-order valence-corrected chi connectivity index (χ3v) is 4.85. The summed E-state index contributed by atoms with van der Waals surface area (Å²) in [5.74, 6) is 0.676. The van der Waals surface area contributed by atoms with Crippen molar-refractivity contribution in [2.45, 2.75) is 26.9 Å². The number of benzene rings is 1. The number of aryl methyl sites for hydroxylation is 3. The highest BCUT2D eigenvalue weighted by molar-refractivity contribution is 5.75. The molecule has 0 unspecified atom stereocenters. The maximum Gasteiger partial charge on any atom is 0.332 e. The second kappa shape index (κ2) is 6.42. The summed E-state index contributed by atoms with van der Waals surface area (Å²) in [7, 11) is 1.65. The fourth-order valence-corrected chi connectivity index (χ4v) is 3.47. The Morgan fingerprint density at radius 1 is 1.11 bits per heavy atom. The van der Waals surface area contributed by atoms with Crippen LogP contribution in [0, 0.1) is 6.92 Å². The molecular formula is C20H21N5O2. The van der Waals surface area contributed by atoms with Crippen LogP contribution in [0.3, 0.4) is 0 Å². The van der Waals surface area contributed by atoms with Gasteiger partial charge in [-0.05, 0) is 19.4 Å². The van der Waals surface area contributed by atoms with Gasteiger partial charge in [0.25, 0.3) is 5.56 Å². The molecule has 7 heteroatoms. The molecule has 0 bridgehead atoms. The Balaban J connectivity index is 1.89. The first-order valence-corrected chi connectivity index (χ1v) is 8.92. The molecule has 7 nitrogen and oxygen atoms in total. The first-order chi connectivity index (χ1) is 13.0. The van der Waals surface area contributed by atoms with Crippen LogP contribution in [-0.2, 0) is 20.1 Å². The van der Waals surface area contributed by atoms with Crippen molar-refractivity contribution in [1.82, 2.24) is 23.1 Å². The summed E-state index contributed by atoms with van der Waals surface area (Å²) in [6.45, 7) is 4.95. The van der Waals surface area contributed by atoms with E-state index in [9.17, 15) is 9.59 Å². The van der Waals surface area contributed by atoms with Crippen molar-refractivity contribution < 1.29 is 0 Å². The third-order valence-electron chi connectivity index (χ3n) is 4.85. The molecule has 0 saturated carbocycles. The zero-order chi connectivity index (χ0) is 19.1. The van der Waals surface area contributed by atoms with E-state index in [1.165, 1.54) is 9.13 Å². The van der Waals surface area contributed by atoms with Gasteiger partial charge in [0, 0.05) is 32.0 Å². The molecule has 0 aliphatic rings. The van der Waals surface area contributed by atoms with Crippen molar-refractivity contribution in [2.75, 3.05) is 0 Å². The van der Waals surface area contributed by atoms with Crippen LogP contribution in [0.15, 0.2) is 52.2 Å². The second-order valence-corrected chi connectivity index (χ2v) is 6.54. The lowest BCUT2D eigenvalue weighted by atomic mass is 10.2. The molecule has 3 heterocycles. The van der Waals surface area contributed by atoms with Crippen LogP contribution in [0.2, 0.25) is 0 Å². The van der Waals surface area contributed by atoms with Gasteiger partial charge in [0.2, 0.25) is 5.78 Å². The van der Waals surface area contributed by atoms with E-state index < -0.39 is 0 Å². The van der Waals surface area contributed by atoms with Gasteiger partial charge < -0.3 is 4.57 Å². The molecule has 0 saturated heterocycles. The number of hydrogen-bond donors (Lipinski definition) is 0. The summed E-state index contributed by atoms with van der Waals surface area (Å²) < 4.78 is 6.49. The molecule has 0 N–H and O–H groups in total. The number of hydrogen-bond acceptors (Lipinski definition) is 3. The Morgan fingerprint density at radius 2 is 1.85 bits per heavy atom. The first-order valence-electron chi connectivity index (χ1n) is 8.92. The van der Waals surface area contributed by atoms with Crippen molar-refractivity contribution in [1.29, 1.82) is 0 Å². The summed E-state index contributed by atoms with van der Waals surface area (Å²) in [6.07, 6.45) is 5.62. The number of rotatable bonds is 4. The molecule has 0 radical (unpaired) electrons. The van der Waals surface area contributed by atoms with E-state index >= 15 is 0 Å². The predicted octanol–water partition coefficient (Wildman–Crippen LogP) is 2.19. The van der Waals surface area contributed by atoms with Crippen LogP contribution < -0.4 is 11.2 Å². The van der Waals surface area contributed by atoms with E-state index in [4.69, 9.17) is 0 Å². The van der Waals surface area contributed by atoms with Gasteiger partial charge in [0.15, 0.2) is 11.2 Å². The smallest absolute Gasteiger partial charge is 0.314 e. The molecule has 138 valence electrons. The van der Waals surface area contributed by atoms with E-state index in [0.717, 1.165) is 17.8 Å². The SMILES string of the molecule is CCn1c(C)cn2c3c(=O)n(C/C=C/c4ccccc4)c(=O)n(C)c3nc12. The van der Waals surface area contributed by atoms with E-state index in [1.54, 1.807) is 11.4 Å². The van der Waals surface area contributed by atoms with E-state index in [1.807, 2.05) is 67.1 Å². The minimum atomic E-state index is -0.370. The topological polar surface area (TPSA) is 66.2 Å². The molecule has 4 rings (SSSR count). The predicted molar refractivity (Wildman–Crippen MR) is 106 cm³/mol. The van der Waals surface area contributed by atoms with Crippen LogP contribution in [0.25, 0.3) is 23.0 Å². The fraction of sp³-hybridized carbons (Fsp3) is 0.250. The van der Waals surface area contributed by atoms with Gasteiger partial charge in [0.1, 0.15) is 0 Å². The van der Waals surface area contributed by atoms with Gasteiger partial charge in [-0.15, -0.1) is 0 Å². The van der Waals surface area contributed by atoms with Gasteiger partial charge in [-0.2, -0.15) is 4.98 Å². The van der Waals surface area contributed by atoms with Crippen molar-refractivity contribution in [3.8, 4) is 0 Å². The van der Waals surface area contributed by atoms with Crippen LogP contribution in [0.1, 0.15) is 18.2 Å². The normalized spacial score (nSPS) is 12.0. The molecule has 0 spiro atoms. The molecule has 27 heavy (non-hydrogen) atoms. The van der Waals surface area contributed by atoms with Gasteiger partial charge in [-0.3, -0.25) is 18.3 Å². The molecule has 0 aliphatic carbocycles. The highest BCUT2D eigenvalue weighted by Gasteiger charge is 2.19. The average Bonchev–Trinajstić information content (AvgIpc) is 3.18. The van der Waals surface area contributed by atoms with Crippen LogP contribution >= 0.6 is 0 Å². The van der Waals surface area contributed by atoms with E-state index in [0.29, 0.717) is 16.9 Å². The van der Waals surface area contributed by atoms with Gasteiger partial charge >= 0.3 is 5.69 Å². The highest BCUT2D eigenvalue weighted by atomic mass is 16.2. The monoisotopic (exact) mass is 363 g/mol. The number of allylic oxidation sites excluding steroid dienone is 1. The molecular weight excluding hydrogens is 342 g/mol. The highest BCUT2D eigenvalue weighted by Crippen LogP contribution is 2.15. The Kier molecular flexibility index (Phi) is 4.07. The van der Waals surface area contributed by atoms with Crippen molar-refractivity contribution in [2.24, 2.45) is 7.05 Å². The number of aromatic nitrogens is 5. The Morgan fingerprint density at radius 3 is 2.56 bits per heavy atom. The van der Waals surface area contributed by atoms with Gasteiger partial charge in [-0.1, -0.05) is 42.5 Å². The van der Waals surface area contributed by atoms with Crippen molar-refractivity contribution in [3.63, 3.8) is 0 Å². The van der Waals surface area contributed by atoms with E-state index in [2.05, 4.69) is 4.98 Å². The summed E-state index contributed by atoms with van der Waals surface area (Å²) in [4.78, 5) is 30.3. The summed E-state index contributed by atoms with van der Waals surface area (Å²) in [6, 6.07) is 9.77. The number of imidazole rings is 2. The van der Waals surface area contributed by atoms with Crippen LogP contribution in [0.4, 0.5) is 0 Å². The molecule has 1 aromatic carbocycles. The lowest BCUT2D eigenvalue weighted by Gasteiger charge is -2.05. The minimum Gasteiger partial charge on any atom is -0.314 e. The lowest BCUT2D eigenvalue weighted by molar-refractivity contribution is 0.667. The summed E-state index contributed by atoms with van der Waals surface area (Å²) >= 11 is 0. The maximum atomic E-state index is 13.1. The van der Waals surface area contributed by atoms with Crippen molar-refractivity contribution >= 4 is 23.0 Å². The van der Waals surface area contributed by atoms with Crippen LogP contribution in [0.5, 0.6) is 0 Å². The van der Waals surface area contributed by atoms with Crippen molar-refractivity contribution in [3.05, 3.63) is 74.7 Å². The number of fused-ring (bicyclic) bond motifs is 3. The van der Waals surface area contributed by atoms with E-state index in [-0.39, 0.29) is 17.8 Å². The first kappa shape index (κ1) is 17.1. The zero-order valence-electron chi connectivity index (χ0n) is 15.6. The van der Waals surface area contributed by atoms with Gasteiger partial charge in [-0.25, -0.2) is 4.79 Å². The van der Waals surface area contributed by atoms with Gasteiger partial charge in [0.05, 0.1) is 0 Å². The molecule has 0 fully saturated rings. The zero-order valence-corrected chi connectivity index (χ0v) is 15.6. The largest absolute Gasteiger partial charge is 0.332 e. The quantitative estimate of drug-likeness (QED) is 0.558.